The van der Waals surface area contributed by atoms with Crippen molar-refractivity contribution in [3.05, 3.63) is 30.1 Å². The summed E-state index contributed by atoms with van der Waals surface area (Å²) < 4.78 is 0. The van der Waals surface area contributed by atoms with Gasteiger partial charge in [0.15, 0.2) is 0 Å². The van der Waals surface area contributed by atoms with Gasteiger partial charge in [0.1, 0.15) is 0 Å². The minimum absolute atomic E-state index is 0.419. The number of aliphatic hydroxyl groups is 1. The summed E-state index contributed by atoms with van der Waals surface area (Å²) in [6, 6.07) is 4.89. The van der Waals surface area contributed by atoms with Crippen LogP contribution in [0.5, 0.6) is 0 Å². The molecular formula is C20H28N2O. The molecule has 1 saturated heterocycles. The molecule has 1 N–H and O–H groups in total. The van der Waals surface area contributed by atoms with Gasteiger partial charge in [0.2, 0.25) is 0 Å². The maximum absolute atomic E-state index is 11.4. The van der Waals surface area contributed by atoms with Crippen LogP contribution >= 0.6 is 0 Å². The molecule has 124 valence electrons. The molecular weight excluding hydrogens is 284 g/mol. The fourth-order valence-electron chi connectivity index (χ4n) is 6.29. The minimum Gasteiger partial charge on any atom is -0.388 e. The van der Waals surface area contributed by atoms with E-state index in [9.17, 15) is 5.11 Å². The highest BCUT2D eigenvalue weighted by Crippen LogP contribution is 2.61. The number of fused-ring (bicyclic) bond motifs is 3. The molecule has 1 aromatic heterocycles. The summed E-state index contributed by atoms with van der Waals surface area (Å²) in [4.78, 5) is 6.79. The summed E-state index contributed by atoms with van der Waals surface area (Å²) in [6.07, 6.45) is 14.2. The van der Waals surface area contributed by atoms with Crippen LogP contribution < -0.4 is 0 Å². The normalized spacial score (nSPS) is 41.5. The summed E-state index contributed by atoms with van der Waals surface area (Å²) in [5.41, 5.74) is 1.50. The van der Waals surface area contributed by atoms with Gasteiger partial charge in [-0.3, -0.25) is 9.88 Å². The zero-order valence-corrected chi connectivity index (χ0v) is 14.0. The van der Waals surface area contributed by atoms with E-state index in [1.165, 1.54) is 57.1 Å². The zero-order chi connectivity index (χ0) is 15.5. The number of aromatic nitrogens is 1. The van der Waals surface area contributed by atoms with Crippen LogP contribution in [0.3, 0.4) is 0 Å². The SMILES string of the molecule is OC1(CN2CC3(CCC3)C2c2ccncc2)CC2CCC1CC2. The lowest BCUT2D eigenvalue weighted by Gasteiger charge is -2.65. The van der Waals surface area contributed by atoms with Crippen LogP contribution in [0.25, 0.3) is 0 Å². The van der Waals surface area contributed by atoms with Crippen LogP contribution in [0, 0.1) is 17.3 Å². The van der Waals surface area contributed by atoms with E-state index in [0.29, 0.717) is 17.4 Å². The Balaban J connectivity index is 1.38. The average molecular weight is 312 g/mol. The fourth-order valence-corrected chi connectivity index (χ4v) is 6.29. The van der Waals surface area contributed by atoms with Crippen LogP contribution in [-0.2, 0) is 0 Å². The van der Waals surface area contributed by atoms with E-state index >= 15 is 0 Å². The van der Waals surface area contributed by atoms with Crippen molar-refractivity contribution in [1.29, 1.82) is 0 Å². The number of hydrogen-bond donors (Lipinski definition) is 1. The van der Waals surface area contributed by atoms with E-state index in [4.69, 9.17) is 0 Å². The zero-order valence-electron chi connectivity index (χ0n) is 14.0. The minimum atomic E-state index is -0.419. The van der Waals surface area contributed by atoms with Crippen LogP contribution in [0.15, 0.2) is 24.5 Å². The molecule has 3 nitrogen and oxygen atoms in total. The molecule has 2 heterocycles. The number of hydrogen-bond acceptors (Lipinski definition) is 3. The van der Waals surface area contributed by atoms with Gasteiger partial charge < -0.3 is 5.11 Å². The predicted octanol–water partition coefficient (Wildman–Crippen LogP) is 3.55. The molecule has 2 unspecified atom stereocenters. The van der Waals surface area contributed by atoms with Crippen molar-refractivity contribution in [3.8, 4) is 0 Å². The van der Waals surface area contributed by atoms with E-state index < -0.39 is 5.60 Å². The Morgan fingerprint density at radius 3 is 2.43 bits per heavy atom. The molecule has 3 heteroatoms. The number of rotatable bonds is 3. The van der Waals surface area contributed by atoms with Crippen LogP contribution in [-0.4, -0.2) is 33.7 Å². The molecule has 2 atom stereocenters. The Hall–Kier alpha value is -0.930. The molecule has 4 saturated carbocycles. The standard InChI is InChI=1S/C20H28N2O/c23-20(12-15-2-4-17(20)5-3-15)14-22-13-19(8-1-9-19)18(22)16-6-10-21-11-7-16/h6-7,10-11,15,17-18,23H,1-5,8-9,12-14H2. The largest absolute Gasteiger partial charge is 0.388 e. The first-order valence-electron chi connectivity index (χ1n) is 9.55. The number of β-amino-alcohol motifs (C(OH)–C–C–N with tert-alkyl or cyclic N) is 1. The van der Waals surface area contributed by atoms with Crippen molar-refractivity contribution in [2.24, 2.45) is 17.3 Å². The lowest BCUT2D eigenvalue weighted by Crippen LogP contribution is -2.66. The molecule has 1 aromatic rings. The molecule has 0 amide bonds. The summed E-state index contributed by atoms with van der Waals surface area (Å²) >= 11 is 0. The van der Waals surface area contributed by atoms with E-state index in [2.05, 4.69) is 22.0 Å². The summed E-state index contributed by atoms with van der Waals surface area (Å²) in [5.74, 6) is 1.33. The van der Waals surface area contributed by atoms with Gasteiger partial charge in [-0.15, -0.1) is 0 Å². The van der Waals surface area contributed by atoms with Gasteiger partial charge in [-0.25, -0.2) is 0 Å². The van der Waals surface area contributed by atoms with Crippen LogP contribution in [0.2, 0.25) is 0 Å². The van der Waals surface area contributed by atoms with E-state index in [-0.39, 0.29) is 0 Å². The maximum Gasteiger partial charge on any atom is 0.0804 e. The van der Waals surface area contributed by atoms with Gasteiger partial charge >= 0.3 is 0 Å². The van der Waals surface area contributed by atoms with Crippen molar-refractivity contribution in [2.45, 2.75) is 63.0 Å². The highest BCUT2D eigenvalue weighted by Gasteiger charge is 2.58. The van der Waals surface area contributed by atoms with Gasteiger partial charge in [0, 0.05) is 36.9 Å². The number of likely N-dealkylation sites (tertiary alicyclic amines) is 1. The molecule has 2 bridgehead atoms. The third kappa shape index (κ3) is 2.12. The molecule has 1 aliphatic heterocycles. The van der Waals surface area contributed by atoms with Crippen molar-refractivity contribution in [2.75, 3.05) is 13.1 Å². The molecule has 23 heavy (non-hydrogen) atoms. The Labute approximate surface area is 139 Å². The second-order valence-corrected chi connectivity index (χ2v) is 8.83. The van der Waals surface area contributed by atoms with Gasteiger partial charge in [0.25, 0.3) is 0 Å². The first kappa shape index (κ1) is 14.4. The molecule has 1 spiro atoms. The van der Waals surface area contributed by atoms with Gasteiger partial charge in [0.05, 0.1) is 5.60 Å². The van der Waals surface area contributed by atoms with Crippen molar-refractivity contribution >= 4 is 0 Å². The summed E-state index contributed by atoms with van der Waals surface area (Å²) in [5, 5.41) is 11.4. The van der Waals surface area contributed by atoms with Crippen LogP contribution in [0.1, 0.15) is 63.0 Å². The second-order valence-electron chi connectivity index (χ2n) is 8.83. The molecule has 5 aliphatic rings. The summed E-state index contributed by atoms with van der Waals surface area (Å²) in [6.45, 7) is 2.09. The van der Waals surface area contributed by atoms with E-state index in [1.54, 1.807) is 0 Å². The lowest BCUT2D eigenvalue weighted by atomic mass is 9.55. The first-order valence-corrected chi connectivity index (χ1v) is 9.55. The number of pyridine rings is 1. The quantitative estimate of drug-likeness (QED) is 0.927. The third-order valence-corrected chi connectivity index (χ3v) is 7.56. The van der Waals surface area contributed by atoms with Crippen LogP contribution in [0.4, 0.5) is 0 Å². The molecule has 4 aliphatic carbocycles. The van der Waals surface area contributed by atoms with E-state index in [0.717, 1.165) is 18.9 Å². The van der Waals surface area contributed by atoms with Gasteiger partial charge in [-0.1, -0.05) is 6.42 Å². The Kier molecular flexibility index (Phi) is 3.15. The first-order chi connectivity index (χ1) is 11.2. The number of nitrogens with zero attached hydrogens (tertiary/aromatic N) is 2. The van der Waals surface area contributed by atoms with Gasteiger partial charge in [-0.05, 0) is 74.5 Å². The molecule has 5 fully saturated rings. The average Bonchev–Trinajstić information content (AvgIpc) is 2.51. The fraction of sp³-hybridized carbons (Fsp3) is 0.750. The lowest BCUT2D eigenvalue weighted by molar-refractivity contribution is -0.184. The maximum atomic E-state index is 11.4. The van der Waals surface area contributed by atoms with Gasteiger partial charge in [-0.2, -0.15) is 0 Å². The monoisotopic (exact) mass is 312 g/mol. The topological polar surface area (TPSA) is 36.4 Å². The highest BCUT2D eigenvalue weighted by atomic mass is 16.3. The Morgan fingerprint density at radius 2 is 1.87 bits per heavy atom. The van der Waals surface area contributed by atoms with Crippen molar-refractivity contribution < 1.29 is 5.11 Å². The molecule has 0 radical (unpaired) electrons. The highest BCUT2D eigenvalue weighted by molar-refractivity contribution is 5.26. The smallest absolute Gasteiger partial charge is 0.0804 e. The molecule has 6 rings (SSSR count). The second kappa shape index (κ2) is 5.03. The molecule has 0 aromatic carbocycles. The Bertz CT molecular complexity index is 577. The Morgan fingerprint density at radius 1 is 1.13 bits per heavy atom. The van der Waals surface area contributed by atoms with E-state index in [1.807, 2.05) is 12.4 Å². The third-order valence-electron chi connectivity index (χ3n) is 7.56. The summed E-state index contributed by atoms with van der Waals surface area (Å²) in [7, 11) is 0. The predicted molar refractivity (Wildman–Crippen MR) is 89.8 cm³/mol. The van der Waals surface area contributed by atoms with Crippen molar-refractivity contribution in [1.82, 2.24) is 9.88 Å². The van der Waals surface area contributed by atoms with Crippen molar-refractivity contribution in [3.63, 3.8) is 0 Å².